The van der Waals surface area contributed by atoms with Crippen LogP contribution in [0.2, 0.25) is 0 Å². The van der Waals surface area contributed by atoms with Gasteiger partial charge in [0.25, 0.3) is 5.56 Å². The first-order chi connectivity index (χ1) is 10.2. The van der Waals surface area contributed by atoms with Gasteiger partial charge in [-0.1, -0.05) is 17.3 Å². The highest BCUT2D eigenvalue weighted by molar-refractivity contribution is 5.87. The molecule has 0 amide bonds. The van der Waals surface area contributed by atoms with Crippen LogP contribution in [-0.2, 0) is 11.3 Å². The molecule has 0 saturated heterocycles. The SMILES string of the molecule is COC(=O)c1occc1Cn1nnc2ccccc2c1=O. The van der Waals surface area contributed by atoms with E-state index in [-0.39, 0.29) is 17.9 Å². The van der Waals surface area contributed by atoms with Crippen LogP contribution in [0.4, 0.5) is 0 Å². The fourth-order valence-corrected chi connectivity index (χ4v) is 2.02. The van der Waals surface area contributed by atoms with E-state index in [0.29, 0.717) is 16.5 Å². The third kappa shape index (κ3) is 2.29. The van der Waals surface area contributed by atoms with Gasteiger partial charge >= 0.3 is 5.97 Å². The molecule has 7 nitrogen and oxygen atoms in total. The van der Waals surface area contributed by atoms with Crippen molar-refractivity contribution in [3.8, 4) is 0 Å². The summed E-state index contributed by atoms with van der Waals surface area (Å²) in [4.78, 5) is 23.9. The second-order valence-electron chi connectivity index (χ2n) is 4.34. The minimum atomic E-state index is -0.600. The predicted molar refractivity (Wildman–Crippen MR) is 72.9 cm³/mol. The maximum atomic E-state index is 12.3. The summed E-state index contributed by atoms with van der Waals surface area (Å²) in [6.45, 7) is 0.0810. The van der Waals surface area contributed by atoms with Crippen molar-refractivity contribution in [2.45, 2.75) is 6.54 Å². The summed E-state index contributed by atoms with van der Waals surface area (Å²) in [7, 11) is 1.26. The van der Waals surface area contributed by atoms with Crippen LogP contribution in [0.3, 0.4) is 0 Å². The van der Waals surface area contributed by atoms with Crippen molar-refractivity contribution in [3.63, 3.8) is 0 Å². The molecular formula is C14H11N3O4. The first-order valence-corrected chi connectivity index (χ1v) is 6.18. The Morgan fingerprint density at radius 3 is 2.95 bits per heavy atom. The Labute approximate surface area is 118 Å². The van der Waals surface area contributed by atoms with Gasteiger partial charge in [-0.15, -0.1) is 5.10 Å². The molecule has 0 N–H and O–H groups in total. The molecule has 0 aliphatic carbocycles. The Hall–Kier alpha value is -2.96. The molecule has 3 rings (SSSR count). The van der Waals surface area contributed by atoms with Gasteiger partial charge in [0, 0.05) is 5.56 Å². The summed E-state index contributed by atoms with van der Waals surface area (Å²) in [6.07, 6.45) is 1.36. The molecule has 0 bridgehead atoms. The summed E-state index contributed by atoms with van der Waals surface area (Å²) >= 11 is 0. The quantitative estimate of drug-likeness (QED) is 0.672. The Morgan fingerprint density at radius 1 is 1.33 bits per heavy atom. The van der Waals surface area contributed by atoms with E-state index in [1.54, 1.807) is 30.3 Å². The third-order valence-electron chi connectivity index (χ3n) is 3.07. The van der Waals surface area contributed by atoms with Crippen molar-refractivity contribution in [3.05, 3.63) is 58.3 Å². The van der Waals surface area contributed by atoms with Crippen molar-refractivity contribution in [2.24, 2.45) is 0 Å². The van der Waals surface area contributed by atoms with Gasteiger partial charge in [-0.3, -0.25) is 4.79 Å². The lowest BCUT2D eigenvalue weighted by molar-refractivity contribution is 0.0563. The first-order valence-electron chi connectivity index (χ1n) is 6.18. The van der Waals surface area contributed by atoms with Crippen LogP contribution in [0, 0.1) is 0 Å². The van der Waals surface area contributed by atoms with Gasteiger partial charge in [0.05, 0.1) is 25.3 Å². The molecular weight excluding hydrogens is 274 g/mol. The zero-order chi connectivity index (χ0) is 14.8. The smallest absolute Gasteiger partial charge is 0.374 e. The Bertz CT molecular complexity index is 866. The number of rotatable bonds is 3. The molecule has 2 aromatic heterocycles. The number of benzene rings is 1. The Kier molecular flexibility index (Phi) is 3.23. The minimum Gasteiger partial charge on any atom is -0.463 e. The Balaban J connectivity index is 2.03. The van der Waals surface area contributed by atoms with Gasteiger partial charge in [-0.05, 0) is 18.2 Å². The first kappa shape index (κ1) is 13.0. The van der Waals surface area contributed by atoms with Crippen LogP contribution < -0.4 is 5.56 Å². The largest absolute Gasteiger partial charge is 0.463 e. The fourth-order valence-electron chi connectivity index (χ4n) is 2.02. The fraction of sp³-hybridized carbons (Fsp3) is 0.143. The van der Waals surface area contributed by atoms with Gasteiger partial charge in [0.1, 0.15) is 5.52 Å². The van der Waals surface area contributed by atoms with Crippen LogP contribution >= 0.6 is 0 Å². The van der Waals surface area contributed by atoms with E-state index in [9.17, 15) is 9.59 Å². The standard InChI is InChI=1S/C14H11N3O4/c1-20-14(19)12-9(6-7-21-12)8-17-13(18)10-4-2-3-5-11(10)15-16-17/h2-7H,8H2,1H3. The average Bonchev–Trinajstić information content (AvgIpc) is 2.98. The number of carbonyl (C=O) groups is 1. The molecule has 0 unspecified atom stereocenters. The number of nitrogens with zero attached hydrogens (tertiary/aromatic N) is 3. The zero-order valence-corrected chi connectivity index (χ0v) is 11.1. The molecule has 0 spiro atoms. The maximum absolute atomic E-state index is 12.3. The van der Waals surface area contributed by atoms with E-state index in [0.717, 1.165) is 0 Å². The molecule has 21 heavy (non-hydrogen) atoms. The van der Waals surface area contributed by atoms with Crippen molar-refractivity contribution >= 4 is 16.9 Å². The highest BCUT2D eigenvalue weighted by atomic mass is 16.5. The van der Waals surface area contributed by atoms with Gasteiger partial charge in [0.15, 0.2) is 0 Å². The average molecular weight is 285 g/mol. The summed E-state index contributed by atoms with van der Waals surface area (Å²) in [6, 6.07) is 8.53. The maximum Gasteiger partial charge on any atom is 0.374 e. The van der Waals surface area contributed by atoms with E-state index in [1.165, 1.54) is 18.1 Å². The van der Waals surface area contributed by atoms with Gasteiger partial charge in [-0.25, -0.2) is 9.48 Å². The predicted octanol–water partition coefficient (Wildman–Crippen LogP) is 1.22. The van der Waals surface area contributed by atoms with Gasteiger partial charge in [-0.2, -0.15) is 0 Å². The monoisotopic (exact) mass is 285 g/mol. The van der Waals surface area contributed by atoms with Gasteiger partial charge < -0.3 is 9.15 Å². The number of hydrogen-bond donors (Lipinski definition) is 0. The molecule has 106 valence electrons. The van der Waals surface area contributed by atoms with E-state index < -0.39 is 5.97 Å². The molecule has 0 radical (unpaired) electrons. The number of aromatic nitrogens is 3. The number of hydrogen-bond acceptors (Lipinski definition) is 6. The highest BCUT2D eigenvalue weighted by Gasteiger charge is 2.17. The van der Waals surface area contributed by atoms with Crippen LogP contribution in [0.5, 0.6) is 0 Å². The minimum absolute atomic E-state index is 0.0550. The number of ether oxygens (including phenoxy) is 1. The molecule has 0 aliphatic heterocycles. The molecule has 3 aromatic rings. The van der Waals surface area contributed by atoms with E-state index in [4.69, 9.17) is 4.42 Å². The molecule has 0 atom stereocenters. The summed E-state index contributed by atoms with van der Waals surface area (Å²) in [5, 5.41) is 8.32. The number of carbonyl (C=O) groups excluding carboxylic acids is 1. The lowest BCUT2D eigenvalue weighted by Gasteiger charge is -2.04. The number of methoxy groups -OCH3 is 1. The normalized spacial score (nSPS) is 10.7. The molecule has 0 fully saturated rings. The van der Waals surface area contributed by atoms with Crippen LogP contribution in [0.25, 0.3) is 10.9 Å². The van der Waals surface area contributed by atoms with Crippen molar-refractivity contribution in [1.82, 2.24) is 15.0 Å². The summed E-state index contributed by atoms with van der Waals surface area (Å²) in [5.74, 6) is -0.545. The summed E-state index contributed by atoms with van der Waals surface area (Å²) in [5.41, 5.74) is 0.755. The van der Waals surface area contributed by atoms with Crippen LogP contribution in [-0.4, -0.2) is 28.1 Å². The number of furan rings is 1. The molecule has 0 saturated carbocycles. The van der Waals surface area contributed by atoms with Crippen LogP contribution in [0.1, 0.15) is 16.1 Å². The topological polar surface area (TPSA) is 87.2 Å². The van der Waals surface area contributed by atoms with Gasteiger partial charge in [0.2, 0.25) is 5.76 Å². The third-order valence-corrected chi connectivity index (χ3v) is 3.07. The van der Waals surface area contributed by atoms with E-state index >= 15 is 0 Å². The number of fused-ring (bicyclic) bond motifs is 1. The molecule has 7 heteroatoms. The Morgan fingerprint density at radius 2 is 2.14 bits per heavy atom. The number of esters is 1. The highest BCUT2D eigenvalue weighted by Crippen LogP contribution is 2.13. The molecule has 0 aliphatic rings. The van der Waals surface area contributed by atoms with E-state index in [2.05, 4.69) is 15.0 Å². The van der Waals surface area contributed by atoms with E-state index in [1.807, 2.05) is 0 Å². The molecule has 2 heterocycles. The molecule has 1 aromatic carbocycles. The lowest BCUT2D eigenvalue weighted by atomic mass is 10.2. The lowest BCUT2D eigenvalue weighted by Crippen LogP contribution is -2.25. The summed E-state index contributed by atoms with van der Waals surface area (Å²) < 4.78 is 10.9. The van der Waals surface area contributed by atoms with Crippen molar-refractivity contribution < 1.29 is 13.9 Å². The van der Waals surface area contributed by atoms with Crippen molar-refractivity contribution in [2.75, 3.05) is 7.11 Å². The van der Waals surface area contributed by atoms with Crippen LogP contribution in [0.15, 0.2) is 45.8 Å². The second kappa shape index (κ2) is 5.20. The second-order valence-corrected chi connectivity index (χ2v) is 4.34. The van der Waals surface area contributed by atoms with Crippen molar-refractivity contribution in [1.29, 1.82) is 0 Å². The zero-order valence-electron chi connectivity index (χ0n) is 11.1.